The minimum atomic E-state index is 0.201. The molecule has 1 saturated heterocycles. The Morgan fingerprint density at radius 1 is 1.18 bits per heavy atom. The van der Waals surface area contributed by atoms with Gasteiger partial charge in [0.05, 0.1) is 5.56 Å². The number of hydrogen-bond acceptors (Lipinski definition) is 2. The monoisotopic (exact) mass is 233 g/mol. The lowest BCUT2D eigenvalue weighted by Gasteiger charge is -2.28. The topological polar surface area (TPSA) is 39.3 Å². The number of hydrogen-bond donors (Lipinski definition) is 1. The van der Waals surface area contributed by atoms with Crippen LogP contribution in [0.25, 0.3) is 0 Å². The first-order chi connectivity index (χ1) is 8.34. The molecule has 0 radical (unpaired) electrons. The number of carbonyl (C=O) groups is 1. The molecule has 0 aromatic carbocycles. The highest BCUT2D eigenvalue weighted by atomic mass is 16.2. The van der Waals surface area contributed by atoms with Gasteiger partial charge in [-0.1, -0.05) is 0 Å². The molecule has 2 aliphatic rings. The molecule has 1 aromatic heterocycles. The van der Waals surface area contributed by atoms with Crippen LogP contribution in [0.2, 0.25) is 0 Å². The van der Waals surface area contributed by atoms with Gasteiger partial charge in [-0.25, -0.2) is 0 Å². The smallest absolute Gasteiger partial charge is 0.255 e. The van der Waals surface area contributed by atoms with Crippen molar-refractivity contribution in [3.63, 3.8) is 0 Å². The molecule has 1 amide bonds. The molecule has 17 heavy (non-hydrogen) atoms. The van der Waals surface area contributed by atoms with Crippen molar-refractivity contribution in [2.24, 2.45) is 0 Å². The summed E-state index contributed by atoms with van der Waals surface area (Å²) >= 11 is 0. The standard InChI is InChI=1S/C13H19N3O/c17-13-11-3-5-14-12(11)4-8-16(13)10-9-15-6-1-2-7-15/h3,5,14H,1-2,4,6-10H2. The number of carbonyl (C=O) groups excluding carboxylic acids is 1. The first kappa shape index (κ1) is 10.8. The number of amides is 1. The molecule has 92 valence electrons. The highest BCUT2D eigenvalue weighted by molar-refractivity contribution is 5.96. The predicted octanol–water partition coefficient (Wildman–Crippen LogP) is 1.11. The van der Waals surface area contributed by atoms with Gasteiger partial charge in [-0.15, -0.1) is 0 Å². The van der Waals surface area contributed by atoms with Gasteiger partial charge >= 0.3 is 0 Å². The van der Waals surface area contributed by atoms with Crippen LogP contribution < -0.4 is 0 Å². The van der Waals surface area contributed by atoms with Crippen LogP contribution in [0.5, 0.6) is 0 Å². The Morgan fingerprint density at radius 2 is 2.00 bits per heavy atom. The van der Waals surface area contributed by atoms with Crippen LogP contribution in [-0.2, 0) is 6.42 Å². The number of rotatable bonds is 3. The molecule has 0 bridgehead atoms. The van der Waals surface area contributed by atoms with E-state index in [1.807, 2.05) is 17.2 Å². The minimum absolute atomic E-state index is 0.201. The van der Waals surface area contributed by atoms with Crippen LogP contribution in [0.3, 0.4) is 0 Å². The van der Waals surface area contributed by atoms with Crippen molar-refractivity contribution >= 4 is 5.91 Å². The molecule has 3 rings (SSSR count). The van der Waals surface area contributed by atoms with Gasteiger partial charge < -0.3 is 14.8 Å². The summed E-state index contributed by atoms with van der Waals surface area (Å²) in [6.45, 7) is 5.18. The van der Waals surface area contributed by atoms with E-state index in [1.165, 1.54) is 25.9 Å². The van der Waals surface area contributed by atoms with Gasteiger partial charge in [0.2, 0.25) is 0 Å². The molecule has 0 spiro atoms. The summed E-state index contributed by atoms with van der Waals surface area (Å²) in [5.74, 6) is 0.201. The van der Waals surface area contributed by atoms with E-state index in [0.717, 1.165) is 37.3 Å². The molecule has 1 fully saturated rings. The number of likely N-dealkylation sites (tertiary alicyclic amines) is 1. The largest absolute Gasteiger partial charge is 0.364 e. The van der Waals surface area contributed by atoms with E-state index in [2.05, 4.69) is 9.88 Å². The zero-order chi connectivity index (χ0) is 11.7. The van der Waals surface area contributed by atoms with Gasteiger partial charge in [0, 0.05) is 37.9 Å². The summed E-state index contributed by atoms with van der Waals surface area (Å²) in [6.07, 6.45) is 5.46. The number of H-pyrrole nitrogens is 1. The second-order valence-corrected chi connectivity index (χ2v) is 4.96. The molecule has 2 aliphatic heterocycles. The van der Waals surface area contributed by atoms with Crippen molar-refractivity contribution in [2.75, 3.05) is 32.7 Å². The minimum Gasteiger partial charge on any atom is -0.364 e. The first-order valence-electron chi connectivity index (χ1n) is 6.52. The summed E-state index contributed by atoms with van der Waals surface area (Å²) in [6, 6.07) is 1.90. The lowest BCUT2D eigenvalue weighted by Crippen LogP contribution is -2.41. The maximum atomic E-state index is 12.2. The zero-order valence-corrected chi connectivity index (χ0v) is 10.1. The molecule has 0 unspecified atom stereocenters. The van der Waals surface area contributed by atoms with E-state index in [0.29, 0.717) is 0 Å². The summed E-state index contributed by atoms with van der Waals surface area (Å²) < 4.78 is 0. The van der Waals surface area contributed by atoms with Crippen LogP contribution in [0.4, 0.5) is 0 Å². The molecule has 3 heterocycles. The van der Waals surface area contributed by atoms with Gasteiger partial charge in [-0.3, -0.25) is 4.79 Å². The molecule has 4 heteroatoms. The van der Waals surface area contributed by atoms with E-state index in [4.69, 9.17) is 0 Å². The predicted molar refractivity (Wildman–Crippen MR) is 66.1 cm³/mol. The highest BCUT2D eigenvalue weighted by Crippen LogP contribution is 2.17. The van der Waals surface area contributed by atoms with E-state index >= 15 is 0 Å². The Hall–Kier alpha value is -1.29. The fraction of sp³-hybridized carbons (Fsp3) is 0.615. The number of nitrogens with zero attached hydrogens (tertiary/aromatic N) is 2. The second kappa shape index (κ2) is 4.53. The van der Waals surface area contributed by atoms with Crippen molar-refractivity contribution in [1.82, 2.24) is 14.8 Å². The molecule has 1 aromatic rings. The number of nitrogens with one attached hydrogen (secondary N) is 1. The van der Waals surface area contributed by atoms with Gasteiger partial charge in [0.1, 0.15) is 0 Å². The lowest BCUT2D eigenvalue weighted by atomic mass is 10.1. The van der Waals surface area contributed by atoms with E-state index in [-0.39, 0.29) is 5.91 Å². The van der Waals surface area contributed by atoms with Crippen LogP contribution in [0, 0.1) is 0 Å². The van der Waals surface area contributed by atoms with Crippen LogP contribution >= 0.6 is 0 Å². The zero-order valence-electron chi connectivity index (χ0n) is 10.1. The summed E-state index contributed by atoms with van der Waals surface area (Å²) in [5, 5.41) is 0. The fourth-order valence-corrected chi connectivity index (χ4v) is 2.81. The molecule has 1 N–H and O–H groups in total. The SMILES string of the molecule is O=C1c2cc[nH]c2CCN1CCN1CCCC1. The van der Waals surface area contributed by atoms with Crippen molar-refractivity contribution < 1.29 is 4.79 Å². The molecule has 0 atom stereocenters. The number of aromatic amines is 1. The summed E-state index contributed by atoms with van der Waals surface area (Å²) in [5.41, 5.74) is 1.98. The van der Waals surface area contributed by atoms with E-state index < -0.39 is 0 Å². The molecule has 0 aliphatic carbocycles. The third-order valence-electron chi connectivity index (χ3n) is 3.87. The van der Waals surface area contributed by atoms with E-state index in [1.54, 1.807) is 0 Å². The summed E-state index contributed by atoms with van der Waals surface area (Å²) in [4.78, 5) is 19.8. The molecular weight excluding hydrogens is 214 g/mol. The maximum absolute atomic E-state index is 12.2. The molecule has 4 nitrogen and oxygen atoms in total. The molecular formula is C13H19N3O. The Kier molecular flexibility index (Phi) is 2.89. The average Bonchev–Trinajstić information content (AvgIpc) is 2.99. The Balaban J connectivity index is 1.60. The Labute approximate surface area is 102 Å². The second-order valence-electron chi connectivity index (χ2n) is 4.96. The van der Waals surface area contributed by atoms with Gasteiger partial charge in [0.25, 0.3) is 5.91 Å². The Bertz CT molecular complexity index is 407. The lowest BCUT2D eigenvalue weighted by molar-refractivity contribution is 0.0724. The van der Waals surface area contributed by atoms with Crippen LogP contribution in [0.1, 0.15) is 28.9 Å². The van der Waals surface area contributed by atoms with Gasteiger partial charge in [-0.05, 0) is 32.0 Å². The fourth-order valence-electron chi connectivity index (χ4n) is 2.81. The van der Waals surface area contributed by atoms with Crippen molar-refractivity contribution in [1.29, 1.82) is 0 Å². The third kappa shape index (κ3) is 2.09. The third-order valence-corrected chi connectivity index (χ3v) is 3.87. The quantitative estimate of drug-likeness (QED) is 0.849. The maximum Gasteiger partial charge on any atom is 0.255 e. The number of fused-ring (bicyclic) bond motifs is 1. The average molecular weight is 233 g/mol. The summed E-state index contributed by atoms with van der Waals surface area (Å²) in [7, 11) is 0. The van der Waals surface area contributed by atoms with Crippen LogP contribution in [-0.4, -0.2) is 53.4 Å². The van der Waals surface area contributed by atoms with Crippen LogP contribution in [0.15, 0.2) is 12.3 Å². The molecule has 0 saturated carbocycles. The van der Waals surface area contributed by atoms with Crippen molar-refractivity contribution in [3.05, 3.63) is 23.5 Å². The normalized spacial score (nSPS) is 20.9. The highest BCUT2D eigenvalue weighted by Gasteiger charge is 2.25. The van der Waals surface area contributed by atoms with Crippen molar-refractivity contribution in [2.45, 2.75) is 19.3 Å². The van der Waals surface area contributed by atoms with Crippen molar-refractivity contribution in [3.8, 4) is 0 Å². The van der Waals surface area contributed by atoms with Gasteiger partial charge in [0.15, 0.2) is 0 Å². The van der Waals surface area contributed by atoms with Gasteiger partial charge in [-0.2, -0.15) is 0 Å². The first-order valence-corrected chi connectivity index (χ1v) is 6.52. The van der Waals surface area contributed by atoms with E-state index in [9.17, 15) is 4.79 Å². The number of aromatic nitrogens is 1. The Morgan fingerprint density at radius 3 is 2.82 bits per heavy atom.